The zero-order valence-electron chi connectivity index (χ0n) is 8.41. The molecule has 0 spiro atoms. The van der Waals surface area contributed by atoms with Gasteiger partial charge < -0.3 is 4.74 Å². The minimum atomic E-state index is 0.624. The third-order valence-corrected chi connectivity index (χ3v) is 2.82. The molecule has 0 bridgehead atoms. The molecule has 0 saturated heterocycles. The van der Waals surface area contributed by atoms with Crippen molar-refractivity contribution in [1.29, 1.82) is 0 Å². The highest BCUT2D eigenvalue weighted by molar-refractivity contribution is 5.14. The lowest BCUT2D eigenvalue weighted by molar-refractivity contribution is 0.0824. The molecule has 1 aliphatic carbocycles. The first kappa shape index (κ1) is 9.47. The quantitative estimate of drug-likeness (QED) is 0.659. The molecule has 1 atom stereocenters. The van der Waals surface area contributed by atoms with Gasteiger partial charge in [-0.1, -0.05) is 42.5 Å². The normalized spacial score (nSPS) is 20.6. The molecule has 0 amide bonds. The number of hydrogen-bond donors (Lipinski definition) is 0. The Morgan fingerprint density at radius 3 is 2.64 bits per heavy atom. The van der Waals surface area contributed by atoms with Crippen LogP contribution < -0.4 is 0 Å². The van der Waals surface area contributed by atoms with E-state index in [2.05, 4.69) is 18.7 Å². The maximum absolute atomic E-state index is 5.63. The van der Waals surface area contributed by atoms with Gasteiger partial charge in [0.2, 0.25) is 0 Å². The van der Waals surface area contributed by atoms with E-state index in [1.165, 1.54) is 24.0 Å². The van der Waals surface area contributed by atoms with Crippen LogP contribution in [0.3, 0.4) is 0 Å². The second-order valence-electron chi connectivity index (χ2n) is 3.89. The summed E-state index contributed by atoms with van der Waals surface area (Å²) in [6, 6.07) is 10.3. The highest BCUT2D eigenvalue weighted by atomic mass is 16.5. The lowest BCUT2D eigenvalue weighted by Gasteiger charge is -2.28. The molecule has 14 heavy (non-hydrogen) atoms. The van der Waals surface area contributed by atoms with Gasteiger partial charge in [0.05, 0.1) is 13.2 Å². The van der Waals surface area contributed by atoms with Crippen LogP contribution in [0.25, 0.3) is 0 Å². The van der Waals surface area contributed by atoms with Crippen molar-refractivity contribution >= 4 is 0 Å². The maximum Gasteiger partial charge on any atom is 0.0717 e. The zero-order chi connectivity index (χ0) is 9.80. The van der Waals surface area contributed by atoms with Crippen molar-refractivity contribution < 1.29 is 4.74 Å². The summed E-state index contributed by atoms with van der Waals surface area (Å²) >= 11 is 0. The Labute approximate surface area is 85.4 Å². The van der Waals surface area contributed by atoms with Gasteiger partial charge in [0.1, 0.15) is 0 Å². The summed E-state index contributed by atoms with van der Waals surface area (Å²) < 4.78 is 5.63. The summed E-state index contributed by atoms with van der Waals surface area (Å²) in [5.41, 5.74) is 2.61. The Morgan fingerprint density at radius 1 is 1.29 bits per heavy atom. The van der Waals surface area contributed by atoms with E-state index in [9.17, 15) is 0 Å². The molecule has 0 heterocycles. The first-order valence-electron chi connectivity index (χ1n) is 5.15. The van der Waals surface area contributed by atoms with E-state index in [4.69, 9.17) is 4.74 Å². The topological polar surface area (TPSA) is 9.23 Å². The molecular weight excluding hydrogens is 172 g/mol. The Kier molecular flexibility index (Phi) is 3.00. The molecule has 0 radical (unpaired) electrons. The fraction of sp³-hybridized carbons (Fsp3) is 0.385. The Morgan fingerprint density at radius 2 is 2.07 bits per heavy atom. The summed E-state index contributed by atoms with van der Waals surface area (Å²) in [6.45, 7) is 5.56. The monoisotopic (exact) mass is 188 g/mol. The van der Waals surface area contributed by atoms with E-state index < -0.39 is 0 Å². The predicted octanol–water partition coefficient (Wildman–Crippen LogP) is 3.17. The number of ether oxygens (including phenoxy) is 1. The van der Waals surface area contributed by atoms with Gasteiger partial charge in [-0.2, -0.15) is 0 Å². The van der Waals surface area contributed by atoms with Crippen molar-refractivity contribution in [3.63, 3.8) is 0 Å². The molecule has 0 N–H and O–H groups in total. The molecule has 1 aromatic carbocycles. The molecule has 0 aromatic heterocycles. The average Bonchev–Trinajstić information content (AvgIpc) is 2.24. The highest BCUT2D eigenvalue weighted by Gasteiger charge is 2.21. The van der Waals surface area contributed by atoms with Crippen LogP contribution in [0.1, 0.15) is 18.4 Å². The van der Waals surface area contributed by atoms with Crippen molar-refractivity contribution in [2.75, 3.05) is 6.61 Å². The van der Waals surface area contributed by atoms with Gasteiger partial charge in [0.15, 0.2) is 0 Å². The Bertz CT molecular complexity index is 302. The molecule has 1 aliphatic rings. The summed E-state index contributed by atoms with van der Waals surface area (Å²) in [7, 11) is 0. The van der Waals surface area contributed by atoms with Crippen LogP contribution in [0.4, 0.5) is 0 Å². The van der Waals surface area contributed by atoms with Crippen molar-refractivity contribution in [3.8, 4) is 0 Å². The molecular formula is C13H16O. The Balaban J connectivity index is 1.70. The van der Waals surface area contributed by atoms with Crippen molar-refractivity contribution in [1.82, 2.24) is 0 Å². The van der Waals surface area contributed by atoms with Crippen molar-refractivity contribution in [2.24, 2.45) is 5.92 Å². The van der Waals surface area contributed by atoms with E-state index >= 15 is 0 Å². The van der Waals surface area contributed by atoms with Gasteiger partial charge in [-0.3, -0.25) is 0 Å². The summed E-state index contributed by atoms with van der Waals surface area (Å²) in [5.74, 6) is 0.624. The van der Waals surface area contributed by atoms with E-state index in [1.807, 2.05) is 18.2 Å². The van der Waals surface area contributed by atoms with Crippen molar-refractivity contribution in [3.05, 3.63) is 48.0 Å². The van der Waals surface area contributed by atoms with E-state index in [-0.39, 0.29) is 0 Å². The molecule has 1 aromatic rings. The van der Waals surface area contributed by atoms with Crippen molar-refractivity contribution in [2.45, 2.75) is 19.4 Å². The average molecular weight is 188 g/mol. The third-order valence-electron chi connectivity index (χ3n) is 2.82. The number of rotatable bonds is 4. The SMILES string of the molecule is C=C1CCC1COCc1ccccc1. The Hall–Kier alpha value is -1.08. The summed E-state index contributed by atoms with van der Waals surface area (Å²) in [5, 5.41) is 0. The van der Waals surface area contributed by atoms with Crippen LogP contribution >= 0.6 is 0 Å². The van der Waals surface area contributed by atoms with Crippen LogP contribution in [0, 0.1) is 5.92 Å². The first-order chi connectivity index (χ1) is 6.86. The summed E-state index contributed by atoms with van der Waals surface area (Å²) in [6.07, 6.45) is 2.45. The number of hydrogen-bond acceptors (Lipinski definition) is 1. The minimum Gasteiger partial charge on any atom is -0.376 e. The summed E-state index contributed by atoms with van der Waals surface area (Å²) in [4.78, 5) is 0. The minimum absolute atomic E-state index is 0.624. The fourth-order valence-corrected chi connectivity index (χ4v) is 1.65. The van der Waals surface area contributed by atoms with Gasteiger partial charge >= 0.3 is 0 Å². The van der Waals surface area contributed by atoms with Gasteiger partial charge in [-0.05, 0) is 18.4 Å². The molecule has 74 valence electrons. The van der Waals surface area contributed by atoms with Gasteiger partial charge in [0.25, 0.3) is 0 Å². The molecule has 1 saturated carbocycles. The maximum atomic E-state index is 5.63. The largest absolute Gasteiger partial charge is 0.376 e. The van der Waals surface area contributed by atoms with Gasteiger partial charge in [-0.15, -0.1) is 0 Å². The second kappa shape index (κ2) is 4.43. The molecule has 2 rings (SSSR count). The fourth-order valence-electron chi connectivity index (χ4n) is 1.65. The lowest BCUT2D eigenvalue weighted by Crippen LogP contribution is -2.20. The van der Waals surface area contributed by atoms with Gasteiger partial charge in [0, 0.05) is 5.92 Å². The van der Waals surface area contributed by atoms with Crippen LogP contribution in [0.15, 0.2) is 42.5 Å². The van der Waals surface area contributed by atoms with Crippen LogP contribution in [-0.4, -0.2) is 6.61 Å². The highest BCUT2D eigenvalue weighted by Crippen LogP contribution is 2.31. The van der Waals surface area contributed by atoms with Crippen LogP contribution in [-0.2, 0) is 11.3 Å². The van der Waals surface area contributed by atoms with E-state index in [0.29, 0.717) is 5.92 Å². The van der Waals surface area contributed by atoms with E-state index in [1.54, 1.807) is 0 Å². The third kappa shape index (κ3) is 2.24. The molecule has 1 fully saturated rings. The number of benzene rings is 1. The molecule has 1 nitrogen and oxygen atoms in total. The predicted molar refractivity (Wildman–Crippen MR) is 58.0 cm³/mol. The zero-order valence-corrected chi connectivity index (χ0v) is 8.41. The smallest absolute Gasteiger partial charge is 0.0717 e. The standard InChI is InChI=1S/C13H16O/c1-11-7-8-13(11)10-14-9-12-5-3-2-4-6-12/h2-6,13H,1,7-10H2. The molecule has 1 heteroatoms. The second-order valence-corrected chi connectivity index (χ2v) is 3.89. The van der Waals surface area contributed by atoms with Crippen LogP contribution in [0.5, 0.6) is 0 Å². The van der Waals surface area contributed by atoms with Crippen LogP contribution in [0.2, 0.25) is 0 Å². The molecule has 0 aliphatic heterocycles. The lowest BCUT2D eigenvalue weighted by atomic mass is 9.81. The molecule has 1 unspecified atom stereocenters. The van der Waals surface area contributed by atoms with E-state index in [0.717, 1.165) is 13.2 Å². The first-order valence-corrected chi connectivity index (χ1v) is 5.15. The van der Waals surface area contributed by atoms with Gasteiger partial charge in [-0.25, -0.2) is 0 Å².